The van der Waals surface area contributed by atoms with Crippen molar-refractivity contribution in [1.82, 2.24) is 10.6 Å². The predicted octanol–water partition coefficient (Wildman–Crippen LogP) is 11.0. The summed E-state index contributed by atoms with van der Waals surface area (Å²) in [5.74, 6) is -5.26. The van der Waals surface area contributed by atoms with E-state index < -0.39 is 35.2 Å². The standard InChI is InChI=1S/C57H44Cl2N4O12/c1-5-60-41-22-45-36(17-26(41)3)48(37-18-27(4)42(61-6-2)23-46(37)74-45)49-40(58)21-38(51(59)50(49)57(72)73)54(67)62-24-28-7-9-29(10-8-28)53(66)63-25-39-43(65)16-15-34-47(33-14-12-31(64)20-44(33)75-52(34)39)32-13-11-30(55(68)69)19-35(32)56(70)71/h7-23,60,65H,5-6,24-25H2,1-4H3,(H,62,67)(H,63,66)(H,68,69)(H,70,71)(H,72,73). The van der Waals surface area contributed by atoms with Gasteiger partial charge in [0, 0.05) is 87.7 Å². The monoisotopic (exact) mass is 1050 g/mol. The van der Waals surface area contributed by atoms with Crippen LogP contribution in [0, 0.1) is 13.8 Å². The topological polar surface area (TPSA) is 258 Å². The first-order chi connectivity index (χ1) is 35.9. The number of hydrogen-bond donors (Lipinski definition) is 7. The Morgan fingerprint density at radius 2 is 1.33 bits per heavy atom. The first-order valence-electron chi connectivity index (χ1n) is 23.4. The molecule has 4 aliphatic rings. The van der Waals surface area contributed by atoms with E-state index in [0.29, 0.717) is 62.8 Å². The lowest BCUT2D eigenvalue weighted by Gasteiger charge is -2.21. The number of benzene rings is 7. The van der Waals surface area contributed by atoms with Crippen molar-refractivity contribution < 1.29 is 53.2 Å². The van der Waals surface area contributed by atoms with Gasteiger partial charge in [0.05, 0.1) is 49.8 Å². The van der Waals surface area contributed by atoms with Gasteiger partial charge < -0.3 is 45.2 Å². The second-order valence-corrected chi connectivity index (χ2v) is 18.3. The fraction of sp³-hybridized carbons (Fsp3) is 0.140. The van der Waals surface area contributed by atoms with Gasteiger partial charge in [-0.3, -0.25) is 19.4 Å². The summed E-state index contributed by atoms with van der Waals surface area (Å²) in [6, 6.07) is 25.3. The number of fused-ring (bicyclic) bond motifs is 4. The largest absolute Gasteiger partial charge is 0.507 e. The molecule has 0 fully saturated rings. The number of carboxylic acid groups (broad SMARTS) is 3. The maximum absolute atomic E-state index is 13.9. The van der Waals surface area contributed by atoms with Gasteiger partial charge in [-0.05, 0) is 117 Å². The van der Waals surface area contributed by atoms with Crippen molar-refractivity contribution in [3.05, 3.63) is 179 Å². The van der Waals surface area contributed by atoms with Gasteiger partial charge >= 0.3 is 17.9 Å². The molecular formula is C57H44Cl2N4O12. The number of phenolic OH excluding ortho intramolecular Hbond substituents is 1. The summed E-state index contributed by atoms with van der Waals surface area (Å²) in [5.41, 5.74) is 4.10. The van der Waals surface area contributed by atoms with Crippen LogP contribution < -0.4 is 26.7 Å². The quantitative estimate of drug-likeness (QED) is 0.0501. The van der Waals surface area contributed by atoms with Gasteiger partial charge in [0.2, 0.25) is 0 Å². The van der Waals surface area contributed by atoms with Crippen LogP contribution in [0.5, 0.6) is 5.75 Å². The minimum Gasteiger partial charge on any atom is -0.507 e. The molecule has 2 amide bonds. The van der Waals surface area contributed by atoms with Gasteiger partial charge in [0.1, 0.15) is 28.4 Å². The lowest BCUT2D eigenvalue weighted by atomic mass is 9.88. The Morgan fingerprint density at radius 1 is 0.627 bits per heavy atom. The first kappa shape index (κ1) is 50.9. The highest BCUT2D eigenvalue weighted by atomic mass is 35.5. The van der Waals surface area contributed by atoms with Gasteiger partial charge in [-0.2, -0.15) is 0 Å². The van der Waals surface area contributed by atoms with Gasteiger partial charge in [0.15, 0.2) is 5.43 Å². The molecule has 0 radical (unpaired) electrons. The summed E-state index contributed by atoms with van der Waals surface area (Å²) in [4.78, 5) is 82.1. The van der Waals surface area contributed by atoms with E-state index >= 15 is 0 Å². The summed E-state index contributed by atoms with van der Waals surface area (Å²) < 4.78 is 12.6. The SMILES string of the molecule is CCN=c1cc2oc3cc(NCC)c(C)cc3c(-c3c(Cl)cc(C(=O)NCc4ccc(C(=O)NCc5c(O)ccc6c(-c7ccc(C(=O)O)cc7C(=O)O)c7ccc(=O)cc-7oc56)cc4)c(Cl)c3C(=O)O)c-2cc1C. The van der Waals surface area contributed by atoms with E-state index in [4.69, 9.17) is 32.0 Å². The molecule has 0 aromatic heterocycles. The van der Waals surface area contributed by atoms with Crippen LogP contribution in [0.2, 0.25) is 10.0 Å². The number of nitrogens with zero attached hydrogens (tertiary/aromatic N) is 1. The number of phenols is 1. The lowest BCUT2D eigenvalue weighted by molar-refractivity contribution is 0.0682. The molecular weight excluding hydrogens is 1000 g/mol. The molecule has 2 heterocycles. The van der Waals surface area contributed by atoms with Crippen LogP contribution in [-0.4, -0.2) is 63.2 Å². The molecule has 0 saturated heterocycles. The number of carboxylic acids is 3. The second-order valence-electron chi connectivity index (χ2n) is 17.6. The van der Waals surface area contributed by atoms with E-state index in [1.165, 1.54) is 60.7 Å². The molecule has 0 spiro atoms. The average molecular weight is 1050 g/mol. The zero-order valence-corrected chi connectivity index (χ0v) is 41.9. The summed E-state index contributed by atoms with van der Waals surface area (Å²) in [6.45, 7) is 8.51. The number of nitrogens with one attached hydrogen (secondary N) is 3. The Labute approximate surface area is 436 Å². The number of aryl methyl sites for hydroxylation is 2. The molecule has 0 atom stereocenters. The third-order valence-corrected chi connectivity index (χ3v) is 13.5. The maximum atomic E-state index is 13.9. The number of hydrogen-bond acceptors (Lipinski definition) is 11. The van der Waals surface area contributed by atoms with E-state index in [-0.39, 0.29) is 90.3 Å². The summed E-state index contributed by atoms with van der Waals surface area (Å²) >= 11 is 14.0. The molecule has 0 saturated carbocycles. The van der Waals surface area contributed by atoms with Crippen LogP contribution in [0.3, 0.4) is 0 Å². The van der Waals surface area contributed by atoms with Crippen LogP contribution in [0.1, 0.15) is 87.9 Å². The smallest absolute Gasteiger partial charge is 0.337 e. The van der Waals surface area contributed by atoms with Crippen LogP contribution in [-0.2, 0) is 13.1 Å². The second kappa shape index (κ2) is 20.5. The molecule has 18 heteroatoms. The Balaban J connectivity index is 0.982. The fourth-order valence-electron chi connectivity index (χ4n) is 9.25. The van der Waals surface area contributed by atoms with Crippen molar-refractivity contribution in [3.63, 3.8) is 0 Å². The van der Waals surface area contributed by atoms with Crippen molar-refractivity contribution in [3.8, 4) is 50.7 Å². The highest BCUT2D eigenvalue weighted by molar-refractivity contribution is 6.41. The molecule has 5 aromatic carbocycles. The molecule has 2 aliphatic carbocycles. The number of amides is 2. The zero-order chi connectivity index (χ0) is 53.6. The summed E-state index contributed by atoms with van der Waals surface area (Å²) in [7, 11) is 0. The Morgan fingerprint density at radius 3 is 2.03 bits per heavy atom. The molecule has 0 bridgehead atoms. The van der Waals surface area contributed by atoms with Crippen LogP contribution >= 0.6 is 23.2 Å². The van der Waals surface area contributed by atoms with Gasteiger partial charge in [-0.1, -0.05) is 41.4 Å². The Bertz CT molecular complexity index is 3960. The van der Waals surface area contributed by atoms with E-state index in [1.807, 2.05) is 45.9 Å². The maximum Gasteiger partial charge on any atom is 0.337 e. The van der Waals surface area contributed by atoms with Crippen LogP contribution in [0.15, 0.2) is 122 Å². The van der Waals surface area contributed by atoms with Crippen LogP contribution in [0.25, 0.3) is 66.8 Å². The van der Waals surface area contributed by atoms with E-state index in [1.54, 1.807) is 18.2 Å². The predicted molar refractivity (Wildman–Crippen MR) is 284 cm³/mol. The fourth-order valence-corrected chi connectivity index (χ4v) is 9.86. The number of carbonyl (C=O) groups excluding carboxylic acids is 2. The Hall–Kier alpha value is -8.99. The Kier molecular flexibility index (Phi) is 13.9. The molecule has 2 aliphatic heterocycles. The molecule has 5 aromatic rings. The zero-order valence-electron chi connectivity index (χ0n) is 40.4. The summed E-state index contributed by atoms with van der Waals surface area (Å²) in [5, 5.41) is 51.7. The molecule has 9 rings (SSSR count). The highest BCUT2D eigenvalue weighted by Crippen LogP contribution is 2.48. The third kappa shape index (κ3) is 9.60. The van der Waals surface area contributed by atoms with Crippen molar-refractivity contribution in [1.29, 1.82) is 0 Å². The number of aromatic hydroxyl groups is 1. The molecule has 7 N–H and O–H groups in total. The normalized spacial score (nSPS) is 11.6. The minimum absolute atomic E-state index is 0.0269. The van der Waals surface area contributed by atoms with Gasteiger partial charge in [0.25, 0.3) is 11.8 Å². The molecule has 378 valence electrons. The lowest BCUT2D eigenvalue weighted by Crippen LogP contribution is -2.24. The number of anilines is 1. The molecule has 75 heavy (non-hydrogen) atoms. The number of halogens is 2. The van der Waals surface area contributed by atoms with E-state index in [0.717, 1.165) is 22.9 Å². The third-order valence-electron chi connectivity index (χ3n) is 12.8. The molecule has 16 nitrogen and oxygen atoms in total. The number of carbonyl (C=O) groups is 5. The van der Waals surface area contributed by atoms with Crippen LogP contribution in [0.4, 0.5) is 5.69 Å². The van der Waals surface area contributed by atoms with Crippen molar-refractivity contribution in [2.45, 2.75) is 40.8 Å². The first-order valence-corrected chi connectivity index (χ1v) is 24.1. The minimum atomic E-state index is -1.42. The number of rotatable bonds is 14. The van der Waals surface area contributed by atoms with E-state index in [2.05, 4.69) is 20.9 Å². The van der Waals surface area contributed by atoms with Gasteiger partial charge in [-0.15, -0.1) is 0 Å². The highest BCUT2D eigenvalue weighted by Gasteiger charge is 2.31. The summed E-state index contributed by atoms with van der Waals surface area (Å²) in [6.07, 6.45) is 0. The number of aromatic carboxylic acids is 3. The van der Waals surface area contributed by atoms with Crippen molar-refractivity contribution >= 4 is 80.6 Å². The average Bonchev–Trinajstić information content (AvgIpc) is 3.38. The molecule has 0 unspecified atom stereocenters. The van der Waals surface area contributed by atoms with Crippen molar-refractivity contribution in [2.24, 2.45) is 4.99 Å². The van der Waals surface area contributed by atoms with Crippen molar-refractivity contribution in [2.75, 3.05) is 18.4 Å². The van der Waals surface area contributed by atoms with Gasteiger partial charge in [-0.25, -0.2) is 14.4 Å². The van der Waals surface area contributed by atoms with E-state index in [9.17, 15) is 49.2 Å².